The number of furan rings is 1. The maximum atomic E-state index is 5.46. The third-order valence-electron chi connectivity index (χ3n) is 4.17. The summed E-state index contributed by atoms with van der Waals surface area (Å²) in [6.07, 6.45) is 12.8. The van der Waals surface area contributed by atoms with Gasteiger partial charge in [0.25, 0.3) is 0 Å². The van der Waals surface area contributed by atoms with Crippen molar-refractivity contribution in [3.63, 3.8) is 0 Å². The summed E-state index contributed by atoms with van der Waals surface area (Å²) < 4.78 is 5.46. The van der Waals surface area contributed by atoms with Crippen LogP contribution < -0.4 is 5.32 Å². The Labute approximate surface area is 111 Å². The van der Waals surface area contributed by atoms with Crippen LogP contribution >= 0.6 is 0 Å². The Morgan fingerprint density at radius 2 is 2.17 bits per heavy atom. The molecule has 0 aliphatic heterocycles. The molecule has 2 nitrogen and oxygen atoms in total. The SMILES string of the molecule is CCNC(CCC1CCCCC1)Cc1ccco1. The molecule has 0 aromatic carbocycles. The van der Waals surface area contributed by atoms with Gasteiger partial charge in [-0.2, -0.15) is 0 Å². The van der Waals surface area contributed by atoms with Crippen LogP contribution in [0.3, 0.4) is 0 Å². The Morgan fingerprint density at radius 3 is 2.83 bits per heavy atom. The molecule has 1 unspecified atom stereocenters. The first-order valence-electron chi connectivity index (χ1n) is 7.64. The third kappa shape index (κ3) is 4.49. The van der Waals surface area contributed by atoms with Crippen LogP contribution in [0.2, 0.25) is 0 Å². The fraction of sp³-hybridized carbons (Fsp3) is 0.750. The highest BCUT2D eigenvalue weighted by molar-refractivity contribution is 5.00. The van der Waals surface area contributed by atoms with Crippen molar-refractivity contribution in [1.82, 2.24) is 5.32 Å². The number of hydrogen-bond acceptors (Lipinski definition) is 2. The van der Waals surface area contributed by atoms with E-state index in [1.165, 1.54) is 44.9 Å². The van der Waals surface area contributed by atoms with E-state index in [4.69, 9.17) is 4.42 Å². The van der Waals surface area contributed by atoms with Crippen molar-refractivity contribution in [2.75, 3.05) is 6.54 Å². The first-order valence-corrected chi connectivity index (χ1v) is 7.64. The highest BCUT2D eigenvalue weighted by Crippen LogP contribution is 2.28. The second kappa shape index (κ2) is 7.63. The molecular weight excluding hydrogens is 222 g/mol. The molecule has 18 heavy (non-hydrogen) atoms. The minimum absolute atomic E-state index is 0.586. The van der Waals surface area contributed by atoms with E-state index in [-0.39, 0.29) is 0 Å². The lowest BCUT2D eigenvalue weighted by molar-refractivity contribution is 0.309. The maximum absolute atomic E-state index is 5.46. The van der Waals surface area contributed by atoms with Crippen molar-refractivity contribution >= 4 is 0 Å². The standard InChI is InChI=1S/C16H27NO/c1-2-17-15(13-16-9-6-12-18-16)11-10-14-7-4-3-5-8-14/h6,9,12,14-15,17H,2-5,7-8,10-11,13H2,1H3. The van der Waals surface area contributed by atoms with Gasteiger partial charge in [-0.1, -0.05) is 39.0 Å². The summed E-state index contributed by atoms with van der Waals surface area (Å²) in [5.41, 5.74) is 0. The summed E-state index contributed by atoms with van der Waals surface area (Å²) >= 11 is 0. The van der Waals surface area contributed by atoms with Gasteiger partial charge in [0.15, 0.2) is 0 Å². The highest BCUT2D eigenvalue weighted by atomic mass is 16.3. The van der Waals surface area contributed by atoms with Gasteiger partial charge in [0.2, 0.25) is 0 Å². The average Bonchev–Trinajstić information content (AvgIpc) is 2.90. The number of hydrogen-bond donors (Lipinski definition) is 1. The predicted molar refractivity (Wildman–Crippen MR) is 75.7 cm³/mol. The molecule has 102 valence electrons. The summed E-state index contributed by atoms with van der Waals surface area (Å²) in [7, 11) is 0. The maximum Gasteiger partial charge on any atom is 0.105 e. The quantitative estimate of drug-likeness (QED) is 0.785. The van der Waals surface area contributed by atoms with Crippen molar-refractivity contribution in [2.45, 2.75) is 64.3 Å². The molecule has 0 amide bonds. The molecule has 0 spiro atoms. The second-order valence-corrected chi connectivity index (χ2v) is 5.62. The molecule has 2 rings (SSSR count). The Morgan fingerprint density at radius 1 is 1.33 bits per heavy atom. The Hall–Kier alpha value is -0.760. The fourth-order valence-corrected chi connectivity index (χ4v) is 3.15. The highest BCUT2D eigenvalue weighted by Gasteiger charge is 2.16. The van der Waals surface area contributed by atoms with Gasteiger partial charge >= 0.3 is 0 Å². The first-order chi connectivity index (χ1) is 8.88. The lowest BCUT2D eigenvalue weighted by Crippen LogP contribution is -2.31. The second-order valence-electron chi connectivity index (χ2n) is 5.62. The molecule has 1 N–H and O–H groups in total. The third-order valence-corrected chi connectivity index (χ3v) is 4.17. The predicted octanol–water partition coefficient (Wildman–Crippen LogP) is 4.16. The lowest BCUT2D eigenvalue weighted by Gasteiger charge is -2.24. The van der Waals surface area contributed by atoms with Crippen LogP contribution in [0.4, 0.5) is 0 Å². The zero-order valence-electron chi connectivity index (χ0n) is 11.7. The van der Waals surface area contributed by atoms with E-state index in [9.17, 15) is 0 Å². The van der Waals surface area contributed by atoms with Gasteiger partial charge in [-0.3, -0.25) is 0 Å². The Balaban J connectivity index is 1.74. The van der Waals surface area contributed by atoms with Gasteiger partial charge in [0, 0.05) is 12.5 Å². The summed E-state index contributed by atoms with van der Waals surface area (Å²) in [6.45, 7) is 3.24. The normalized spacial score (nSPS) is 18.9. The zero-order valence-corrected chi connectivity index (χ0v) is 11.7. The van der Waals surface area contributed by atoms with Crippen LogP contribution in [0, 0.1) is 5.92 Å². The van der Waals surface area contributed by atoms with E-state index >= 15 is 0 Å². The summed E-state index contributed by atoms with van der Waals surface area (Å²) in [5.74, 6) is 2.10. The van der Waals surface area contributed by atoms with E-state index in [1.54, 1.807) is 6.26 Å². The monoisotopic (exact) mass is 249 g/mol. The summed E-state index contributed by atoms with van der Waals surface area (Å²) in [4.78, 5) is 0. The number of rotatable bonds is 7. The lowest BCUT2D eigenvalue weighted by atomic mass is 9.85. The molecule has 1 aromatic heterocycles. The summed E-state index contributed by atoms with van der Waals surface area (Å²) in [5, 5.41) is 3.60. The molecule has 1 aliphatic carbocycles. The Kier molecular flexibility index (Phi) is 5.79. The average molecular weight is 249 g/mol. The molecule has 1 heterocycles. The smallest absolute Gasteiger partial charge is 0.105 e. The fourth-order valence-electron chi connectivity index (χ4n) is 3.15. The van der Waals surface area contributed by atoms with Crippen LogP contribution in [-0.2, 0) is 6.42 Å². The van der Waals surface area contributed by atoms with Crippen molar-refractivity contribution < 1.29 is 4.42 Å². The van der Waals surface area contributed by atoms with Gasteiger partial charge in [0.1, 0.15) is 5.76 Å². The molecule has 0 saturated heterocycles. The molecule has 2 heteroatoms. The molecule has 1 atom stereocenters. The van der Waals surface area contributed by atoms with Crippen LogP contribution in [-0.4, -0.2) is 12.6 Å². The number of likely N-dealkylation sites (N-methyl/N-ethyl adjacent to an activating group) is 1. The molecular formula is C16H27NO. The van der Waals surface area contributed by atoms with Crippen molar-refractivity contribution in [3.8, 4) is 0 Å². The molecule has 1 aliphatic rings. The van der Waals surface area contributed by atoms with Crippen LogP contribution in [0.5, 0.6) is 0 Å². The van der Waals surface area contributed by atoms with E-state index in [2.05, 4.69) is 18.3 Å². The molecule has 1 saturated carbocycles. The van der Waals surface area contributed by atoms with Gasteiger partial charge in [-0.05, 0) is 37.4 Å². The van der Waals surface area contributed by atoms with Crippen LogP contribution in [0.1, 0.15) is 57.6 Å². The minimum Gasteiger partial charge on any atom is -0.469 e. The van der Waals surface area contributed by atoms with Crippen molar-refractivity contribution in [3.05, 3.63) is 24.2 Å². The van der Waals surface area contributed by atoms with Gasteiger partial charge in [0.05, 0.1) is 6.26 Å². The zero-order chi connectivity index (χ0) is 12.6. The number of nitrogens with one attached hydrogen (secondary N) is 1. The largest absolute Gasteiger partial charge is 0.469 e. The van der Waals surface area contributed by atoms with Crippen molar-refractivity contribution in [2.24, 2.45) is 5.92 Å². The first kappa shape index (κ1) is 13.7. The van der Waals surface area contributed by atoms with E-state index in [1.807, 2.05) is 6.07 Å². The van der Waals surface area contributed by atoms with Crippen LogP contribution in [0.25, 0.3) is 0 Å². The minimum atomic E-state index is 0.586. The van der Waals surface area contributed by atoms with Crippen molar-refractivity contribution in [1.29, 1.82) is 0 Å². The van der Waals surface area contributed by atoms with E-state index < -0.39 is 0 Å². The van der Waals surface area contributed by atoms with Crippen LogP contribution in [0.15, 0.2) is 22.8 Å². The van der Waals surface area contributed by atoms with E-state index in [0.717, 1.165) is 24.6 Å². The topological polar surface area (TPSA) is 25.2 Å². The Bertz CT molecular complexity index is 301. The van der Waals surface area contributed by atoms with Gasteiger partial charge < -0.3 is 9.73 Å². The molecule has 0 bridgehead atoms. The molecule has 1 aromatic rings. The van der Waals surface area contributed by atoms with Gasteiger partial charge in [-0.25, -0.2) is 0 Å². The van der Waals surface area contributed by atoms with Gasteiger partial charge in [-0.15, -0.1) is 0 Å². The molecule has 1 fully saturated rings. The molecule has 0 radical (unpaired) electrons. The van der Waals surface area contributed by atoms with E-state index in [0.29, 0.717) is 6.04 Å². The summed E-state index contributed by atoms with van der Waals surface area (Å²) in [6, 6.07) is 4.66.